The summed E-state index contributed by atoms with van der Waals surface area (Å²) in [4.78, 5) is 23.7. The highest BCUT2D eigenvalue weighted by Gasteiger charge is 2.20. The summed E-state index contributed by atoms with van der Waals surface area (Å²) in [5.41, 5.74) is 1.20. The predicted molar refractivity (Wildman–Crippen MR) is 116 cm³/mol. The van der Waals surface area contributed by atoms with Crippen LogP contribution < -0.4 is 5.32 Å². The Morgan fingerprint density at radius 2 is 2.03 bits per heavy atom. The number of nitrogens with one attached hydrogen (secondary N) is 1. The number of nitrogens with zero attached hydrogens (tertiary/aromatic N) is 5. The lowest BCUT2D eigenvalue weighted by Crippen LogP contribution is -2.25. The average Bonchev–Trinajstić information content (AvgIpc) is 3.13. The van der Waals surface area contributed by atoms with Crippen LogP contribution in [0.15, 0.2) is 52.5 Å². The molecule has 9 nitrogen and oxygen atoms in total. The molecular formula is C18H17ClN6O3S2. The summed E-state index contributed by atoms with van der Waals surface area (Å²) in [6.07, 6.45) is 0. The van der Waals surface area contributed by atoms with E-state index in [1.54, 1.807) is 24.9 Å². The average molecular weight is 465 g/mol. The number of carbonyl (C=O) groups excluding carboxylic acids is 1. The number of hydrogen-bond acceptors (Lipinski definition) is 8. The Balaban J connectivity index is 1.55. The number of halogens is 1. The smallest absolute Gasteiger partial charge is 0.284 e. The molecular weight excluding hydrogens is 448 g/mol. The molecule has 0 saturated heterocycles. The summed E-state index contributed by atoms with van der Waals surface area (Å²) >= 11 is 8.60. The van der Waals surface area contributed by atoms with E-state index < -0.39 is 4.92 Å². The number of thioether (sulfide) groups is 1. The number of hydrogen-bond donors (Lipinski definition) is 1. The van der Waals surface area contributed by atoms with Gasteiger partial charge in [-0.25, -0.2) is 4.68 Å². The van der Waals surface area contributed by atoms with Crippen LogP contribution >= 0.6 is 35.1 Å². The Hall–Kier alpha value is -2.63. The highest BCUT2D eigenvalue weighted by atomic mass is 35.5. The van der Waals surface area contributed by atoms with Crippen molar-refractivity contribution in [2.45, 2.75) is 15.8 Å². The topological polar surface area (TPSA) is 116 Å². The van der Waals surface area contributed by atoms with Crippen LogP contribution in [-0.4, -0.2) is 43.3 Å². The Bertz CT molecular complexity index is 1040. The van der Waals surface area contributed by atoms with Crippen LogP contribution in [0.5, 0.6) is 0 Å². The van der Waals surface area contributed by atoms with Gasteiger partial charge in [0.1, 0.15) is 0 Å². The van der Waals surface area contributed by atoms with Gasteiger partial charge in [0.2, 0.25) is 5.16 Å². The number of benzene rings is 2. The second kappa shape index (κ2) is 10.4. The molecule has 0 saturated carbocycles. The maximum Gasteiger partial charge on any atom is 0.284 e. The Morgan fingerprint density at radius 3 is 2.70 bits per heavy atom. The predicted octanol–water partition coefficient (Wildman–Crippen LogP) is 3.59. The van der Waals surface area contributed by atoms with E-state index in [0.717, 1.165) is 23.1 Å². The molecule has 0 radical (unpaired) electrons. The fraction of sp³-hybridized carbons (Fsp3) is 0.222. The summed E-state index contributed by atoms with van der Waals surface area (Å²) in [5, 5.41) is 26.4. The van der Waals surface area contributed by atoms with E-state index in [4.69, 9.17) is 11.6 Å². The van der Waals surface area contributed by atoms with Gasteiger partial charge in [0.05, 0.1) is 9.82 Å². The minimum Gasteiger partial charge on any atom is -0.351 e. The third-order valence-electron chi connectivity index (χ3n) is 3.91. The van der Waals surface area contributed by atoms with Gasteiger partial charge < -0.3 is 5.32 Å². The van der Waals surface area contributed by atoms with Crippen LogP contribution in [0.3, 0.4) is 0 Å². The molecule has 0 fully saturated rings. The summed E-state index contributed by atoms with van der Waals surface area (Å²) in [6, 6.07) is 12.0. The highest BCUT2D eigenvalue weighted by molar-refractivity contribution is 7.99. The molecule has 0 unspecified atom stereocenters. The van der Waals surface area contributed by atoms with Gasteiger partial charge in [-0.1, -0.05) is 23.7 Å². The molecule has 12 heteroatoms. The molecule has 1 amide bonds. The molecule has 0 bridgehead atoms. The quantitative estimate of drug-likeness (QED) is 0.290. The first-order valence-corrected chi connectivity index (χ1v) is 11.1. The Labute approximate surface area is 185 Å². The fourth-order valence-electron chi connectivity index (χ4n) is 2.40. The maximum absolute atomic E-state index is 12.4. The first-order chi connectivity index (χ1) is 14.4. The Morgan fingerprint density at radius 1 is 1.27 bits per heavy atom. The molecule has 3 rings (SSSR count). The highest BCUT2D eigenvalue weighted by Crippen LogP contribution is 2.33. The standard InChI is InChI=1S/C18H17ClN6O3S2/c1-24-18(21-22-23-24)30-16-7-4-13(10-15(16)25(27)28)17(26)20-8-9-29-11-12-2-5-14(19)6-3-12/h2-7,10H,8-9,11H2,1H3,(H,20,26). The molecule has 1 aromatic heterocycles. The number of tetrazole rings is 1. The van der Waals surface area contributed by atoms with Crippen molar-refractivity contribution in [3.05, 3.63) is 68.7 Å². The van der Waals surface area contributed by atoms with Crippen molar-refractivity contribution in [1.29, 1.82) is 0 Å². The first kappa shape index (κ1) is 22.1. The van der Waals surface area contributed by atoms with E-state index in [2.05, 4.69) is 20.8 Å². The molecule has 2 aromatic carbocycles. The van der Waals surface area contributed by atoms with Gasteiger partial charge in [0.15, 0.2) is 0 Å². The fourth-order valence-corrected chi connectivity index (χ4v) is 4.16. The zero-order valence-electron chi connectivity index (χ0n) is 15.8. The van der Waals surface area contributed by atoms with E-state index in [9.17, 15) is 14.9 Å². The number of amides is 1. The summed E-state index contributed by atoms with van der Waals surface area (Å²) in [7, 11) is 1.64. The van der Waals surface area contributed by atoms with E-state index in [1.165, 1.54) is 16.8 Å². The van der Waals surface area contributed by atoms with E-state index >= 15 is 0 Å². The van der Waals surface area contributed by atoms with Crippen molar-refractivity contribution >= 4 is 46.7 Å². The monoisotopic (exact) mass is 464 g/mol. The first-order valence-electron chi connectivity index (χ1n) is 8.73. The molecule has 0 aliphatic heterocycles. The molecule has 1 N–H and O–H groups in total. The van der Waals surface area contributed by atoms with Crippen molar-refractivity contribution in [2.24, 2.45) is 7.05 Å². The zero-order chi connectivity index (χ0) is 21.5. The summed E-state index contributed by atoms with van der Waals surface area (Å²) in [5.74, 6) is 1.16. The normalized spacial score (nSPS) is 10.7. The largest absolute Gasteiger partial charge is 0.351 e. The third-order valence-corrected chi connectivity index (χ3v) is 6.29. The van der Waals surface area contributed by atoms with Crippen LogP contribution in [0.4, 0.5) is 5.69 Å². The van der Waals surface area contributed by atoms with Crippen LogP contribution in [-0.2, 0) is 12.8 Å². The van der Waals surface area contributed by atoms with Crippen LogP contribution in [0.25, 0.3) is 0 Å². The molecule has 156 valence electrons. The SMILES string of the molecule is Cn1nnnc1Sc1ccc(C(=O)NCCSCc2ccc(Cl)cc2)cc1[N+](=O)[O-]. The second-order valence-corrected chi connectivity index (χ2v) is 8.61. The number of rotatable bonds is 9. The minimum absolute atomic E-state index is 0.173. The second-order valence-electron chi connectivity index (χ2n) is 6.06. The van der Waals surface area contributed by atoms with Crippen LogP contribution in [0, 0.1) is 10.1 Å². The van der Waals surface area contributed by atoms with Crippen molar-refractivity contribution in [3.8, 4) is 0 Å². The molecule has 0 spiro atoms. The van der Waals surface area contributed by atoms with Crippen molar-refractivity contribution in [3.63, 3.8) is 0 Å². The summed E-state index contributed by atoms with van der Waals surface area (Å²) < 4.78 is 1.41. The van der Waals surface area contributed by atoms with Crippen LogP contribution in [0.2, 0.25) is 5.02 Å². The van der Waals surface area contributed by atoms with E-state index in [-0.39, 0.29) is 17.2 Å². The number of aromatic nitrogens is 4. The number of carbonyl (C=O) groups is 1. The van der Waals surface area contributed by atoms with E-state index in [0.29, 0.717) is 27.4 Å². The van der Waals surface area contributed by atoms with Crippen molar-refractivity contribution in [2.75, 3.05) is 12.3 Å². The molecule has 30 heavy (non-hydrogen) atoms. The zero-order valence-corrected chi connectivity index (χ0v) is 18.2. The molecule has 0 aliphatic carbocycles. The lowest BCUT2D eigenvalue weighted by atomic mass is 10.2. The maximum atomic E-state index is 12.4. The lowest BCUT2D eigenvalue weighted by Gasteiger charge is -2.07. The van der Waals surface area contributed by atoms with Gasteiger partial charge in [-0.3, -0.25) is 14.9 Å². The number of nitro benzene ring substituents is 1. The Kier molecular flexibility index (Phi) is 7.66. The van der Waals surface area contributed by atoms with Crippen LogP contribution in [0.1, 0.15) is 15.9 Å². The molecule has 3 aromatic rings. The van der Waals surface area contributed by atoms with Gasteiger partial charge >= 0.3 is 0 Å². The molecule has 0 atom stereocenters. The van der Waals surface area contributed by atoms with E-state index in [1.807, 2.05) is 24.3 Å². The number of aryl methyl sites for hydroxylation is 1. The number of nitro groups is 1. The van der Waals surface area contributed by atoms with Gasteiger partial charge in [-0.05, 0) is 52.0 Å². The van der Waals surface area contributed by atoms with Gasteiger partial charge in [-0.15, -0.1) is 5.10 Å². The molecule has 0 aliphatic rings. The van der Waals surface area contributed by atoms with Gasteiger partial charge in [-0.2, -0.15) is 11.8 Å². The van der Waals surface area contributed by atoms with Crippen molar-refractivity contribution < 1.29 is 9.72 Å². The van der Waals surface area contributed by atoms with Crippen molar-refractivity contribution in [1.82, 2.24) is 25.5 Å². The third kappa shape index (κ3) is 5.94. The molecule has 1 heterocycles. The lowest BCUT2D eigenvalue weighted by molar-refractivity contribution is -0.387. The minimum atomic E-state index is -0.523. The van der Waals surface area contributed by atoms with Gasteiger partial charge in [0, 0.05) is 41.8 Å². The van der Waals surface area contributed by atoms with Gasteiger partial charge in [0.25, 0.3) is 11.6 Å². The summed E-state index contributed by atoms with van der Waals surface area (Å²) in [6.45, 7) is 0.450.